The van der Waals surface area contributed by atoms with E-state index in [0.29, 0.717) is 11.6 Å². The number of anilines is 1. The summed E-state index contributed by atoms with van der Waals surface area (Å²) in [7, 11) is 3.94. The molecule has 0 spiro atoms. The van der Waals surface area contributed by atoms with Crippen molar-refractivity contribution in [2.24, 2.45) is 11.7 Å². The van der Waals surface area contributed by atoms with Crippen molar-refractivity contribution in [2.45, 2.75) is 38.1 Å². The van der Waals surface area contributed by atoms with E-state index in [9.17, 15) is 4.79 Å². The monoisotopic (exact) mass is 379 g/mol. The molecular formula is C22H29N5O. The molecule has 0 bridgehead atoms. The maximum Gasteiger partial charge on any atom is 0.248 e. The fraction of sp³-hybridized carbons (Fsp3) is 0.500. The van der Waals surface area contributed by atoms with Crippen LogP contribution in [0.4, 0.5) is 5.95 Å². The van der Waals surface area contributed by atoms with Crippen LogP contribution in [0, 0.1) is 5.92 Å². The average molecular weight is 380 g/mol. The summed E-state index contributed by atoms with van der Waals surface area (Å²) < 4.78 is 0. The highest BCUT2D eigenvalue weighted by molar-refractivity contribution is 5.94. The molecule has 28 heavy (non-hydrogen) atoms. The Balaban J connectivity index is 1.78. The van der Waals surface area contributed by atoms with Gasteiger partial charge in [0.1, 0.15) is 0 Å². The highest BCUT2D eigenvalue weighted by Gasteiger charge is 2.32. The van der Waals surface area contributed by atoms with Crippen LogP contribution in [0.25, 0.3) is 11.1 Å². The van der Waals surface area contributed by atoms with Gasteiger partial charge in [-0.1, -0.05) is 18.6 Å². The minimum absolute atomic E-state index is 0.295. The first-order valence-electron chi connectivity index (χ1n) is 10.2. The molecule has 1 saturated heterocycles. The van der Waals surface area contributed by atoms with E-state index < -0.39 is 5.91 Å². The van der Waals surface area contributed by atoms with Gasteiger partial charge in [0, 0.05) is 38.0 Å². The lowest BCUT2D eigenvalue weighted by atomic mass is 9.93. The summed E-state index contributed by atoms with van der Waals surface area (Å²) in [5, 5.41) is 0. The third kappa shape index (κ3) is 4.02. The second-order valence-electron chi connectivity index (χ2n) is 8.26. The number of nitrogens with zero attached hydrogens (tertiary/aromatic N) is 4. The number of hydrogen-bond acceptors (Lipinski definition) is 5. The summed E-state index contributed by atoms with van der Waals surface area (Å²) in [6, 6.07) is 7.79. The average Bonchev–Trinajstić information content (AvgIpc) is 3.52. The predicted octanol–water partition coefficient (Wildman–Crippen LogP) is 3.25. The molecule has 2 aromatic rings. The van der Waals surface area contributed by atoms with E-state index in [2.05, 4.69) is 9.88 Å². The van der Waals surface area contributed by atoms with Crippen LogP contribution in [0.2, 0.25) is 0 Å². The molecule has 2 fully saturated rings. The number of aromatic nitrogens is 2. The number of primary amides is 1. The summed E-state index contributed by atoms with van der Waals surface area (Å²) in [6.45, 7) is 2.29. The van der Waals surface area contributed by atoms with Gasteiger partial charge in [-0.2, -0.15) is 0 Å². The molecule has 6 heteroatoms. The first-order chi connectivity index (χ1) is 13.5. The van der Waals surface area contributed by atoms with Crippen molar-refractivity contribution in [1.29, 1.82) is 0 Å². The molecule has 1 aliphatic carbocycles. The smallest absolute Gasteiger partial charge is 0.248 e. The lowest BCUT2D eigenvalue weighted by Crippen LogP contribution is -2.36. The molecule has 2 aliphatic rings. The number of rotatable bonds is 6. The largest absolute Gasteiger partial charge is 0.366 e. The molecule has 2 N–H and O–H groups in total. The number of piperidine rings is 1. The highest BCUT2D eigenvalue weighted by Crippen LogP contribution is 2.39. The molecule has 6 nitrogen and oxygen atoms in total. The predicted molar refractivity (Wildman–Crippen MR) is 111 cm³/mol. The lowest BCUT2D eigenvalue weighted by molar-refractivity contribution is 0.100. The Hall–Kier alpha value is -2.47. The molecule has 1 aromatic heterocycles. The fourth-order valence-electron chi connectivity index (χ4n) is 4.07. The summed E-state index contributed by atoms with van der Waals surface area (Å²) >= 11 is 0. The first kappa shape index (κ1) is 18.9. The van der Waals surface area contributed by atoms with E-state index in [4.69, 9.17) is 10.7 Å². The first-order valence-corrected chi connectivity index (χ1v) is 10.2. The van der Waals surface area contributed by atoms with Gasteiger partial charge in [0.15, 0.2) is 0 Å². The summed E-state index contributed by atoms with van der Waals surface area (Å²) in [4.78, 5) is 25.8. The molecular weight excluding hydrogens is 350 g/mol. The van der Waals surface area contributed by atoms with E-state index in [1.165, 1.54) is 25.7 Å². The second-order valence-corrected chi connectivity index (χ2v) is 8.26. The quantitative estimate of drug-likeness (QED) is 0.834. The van der Waals surface area contributed by atoms with Crippen molar-refractivity contribution in [2.75, 3.05) is 32.1 Å². The van der Waals surface area contributed by atoms with Crippen LogP contribution >= 0.6 is 0 Å². The van der Waals surface area contributed by atoms with Crippen molar-refractivity contribution >= 4 is 11.9 Å². The molecule has 1 saturated carbocycles. The van der Waals surface area contributed by atoms with Crippen molar-refractivity contribution in [3.8, 4) is 11.1 Å². The minimum Gasteiger partial charge on any atom is -0.366 e. The topological polar surface area (TPSA) is 75.4 Å². The van der Waals surface area contributed by atoms with Crippen LogP contribution in [0.5, 0.6) is 0 Å². The van der Waals surface area contributed by atoms with Crippen LogP contribution in [0.3, 0.4) is 0 Å². The Bertz CT molecular complexity index is 862. The Labute approximate surface area is 166 Å². The Morgan fingerprint density at radius 2 is 2.07 bits per heavy atom. The van der Waals surface area contributed by atoms with Crippen LogP contribution in [0.15, 0.2) is 30.5 Å². The van der Waals surface area contributed by atoms with Gasteiger partial charge in [0.25, 0.3) is 0 Å². The molecule has 0 radical (unpaired) electrons. The van der Waals surface area contributed by atoms with Crippen LogP contribution in [-0.2, 0) is 0 Å². The normalized spacial score (nSPS) is 20.1. The maximum absolute atomic E-state index is 11.7. The number of carbonyl (C=O) groups is 1. The van der Waals surface area contributed by atoms with E-state index >= 15 is 0 Å². The molecule has 0 unspecified atom stereocenters. The number of amides is 1. The third-order valence-electron chi connectivity index (χ3n) is 5.78. The third-order valence-corrected chi connectivity index (χ3v) is 5.78. The number of carbonyl (C=O) groups excluding carboxylic acids is 1. The van der Waals surface area contributed by atoms with Gasteiger partial charge in [-0.3, -0.25) is 9.69 Å². The van der Waals surface area contributed by atoms with E-state index in [1.807, 2.05) is 43.4 Å². The van der Waals surface area contributed by atoms with Gasteiger partial charge in [0.2, 0.25) is 11.9 Å². The van der Waals surface area contributed by atoms with Crippen molar-refractivity contribution in [1.82, 2.24) is 14.9 Å². The Kier molecular flexibility index (Phi) is 5.31. The summed E-state index contributed by atoms with van der Waals surface area (Å²) in [6.07, 6.45) is 8.18. The van der Waals surface area contributed by atoms with Crippen LogP contribution in [0.1, 0.15) is 54.2 Å². The number of likely N-dealkylation sites (tertiary alicyclic amines) is 1. The molecule has 148 valence electrons. The zero-order chi connectivity index (χ0) is 19.7. The SMILES string of the molecule is CN(C)c1ncc(-c2cccc(C(N)=O)c2)c([C@@H]2CCCCN2CC2CC2)n1. The number of nitrogens with two attached hydrogens (primary N) is 1. The number of hydrogen-bond donors (Lipinski definition) is 1. The zero-order valence-electron chi connectivity index (χ0n) is 16.8. The molecule has 1 aliphatic heterocycles. The summed E-state index contributed by atoms with van der Waals surface area (Å²) in [5.41, 5.74) is 9.04. The van der Waals surface area contributed by atoms with E-state index in [1.54, 1.807) is 6.07 Å². The minimum atomic E-state index is -0.415. The molecule has 1 aromatic carbocycles. The highest BCUT2D eigenvalue weighted by atomic mass is 16.1. The summed E-state index contributed by atoms with van der Waals surface area (Å²) in [5.74, 6) is 1.15. The number of benzene rings is 1. The van der Waals surface area contributed by atoms with Crippen molar-refractivity contribution < 1.29 is 4.79 Å². The van der Waals surface area contributed by atoms with Crippen molar-refractivity contribution in [3.63, 3.8) is 0 Å². The Morgan fingerprint density at radius 3 is 2.79 bits per heavy atom. The van der Waals surface area contributed by atoms with Gasteiger partial charge >= 0.3 is 0 Å². The zero-order valence-corrected chi connectivity index (χ0v) is 16.8. The standard InChI is InChI=1S/C22H29N5O/c1-26(2)22-24-13-18(16-6-5-7-17(12-16)21(23)28)20(25-22)19-8-3-4-11-27(19)14-15-9-10-15/h5-7,12-13,15,19H,3-4,8-11,14H2,1-2H3,(H2,23,28)/t19-/m0/s1. The Morgan fingerprint density at radius 1 is 1.25 bits per heavy atom. The maximum atomic E-state index is 11.7. The van der Waals surface area contributed by atoms with E-state index in [-0.39, 0.29) is 0 Å². The van der Waals surface area contributed by atoms with Gasteiger partial charge < -0.3 is 10.6 Å². The van der Waals surface area contributed by atoms with Gasteiger partial charge in [0.05, 0.1) is 11.7 Å². The van der Waals surface area contributed by atoms with E-state index in [0.717, 1.165) is 48.2 Å². The fourth-order valence-corrected chi connectivity index (χ4v) is 4.07. The lowest BCUT2D eigenvalue weighted by Gasteiger charge is -2.36. The molecule has 1 atom stereocenters. The molecule has 2 heterocycles. The van der Waals surface area contributed by atoms with Gasteiger partial charge in [-0.25, -0.2) is 9.97 Å². The second kappa shape index (κ2) is 7.87. The van der Waals surface area contributed by atoms with Crippen molar-refractivity contribution in [3.05, 3.63) is 41.7 Å². The van der Waals surface area contributed by atoms with Crippen LogP contribution in [-0.4, -0.2) is 48.0 Å². The molecule has 1 amide bonds. The van der Waals surface area contributed by atoms with Gasteiger partial charge in [-0.15, -0.1) is 0 Å². The molecule has 4 rings (SSSR count). The van der Waals surface area contributed by atoms with Crippen LogP contribution < -0.4 is 10.6 Å². The van der Waals surface area contributed by atoms with Gasteiger partial charge in [-0.05, 0) is 55.8 Å².